The number of halogens is 2. The summed E-state index contributed by atoms with van der Waals surface area (Å²) in [6.45, 7) is 0. The van der Waals surface area contributed by atoms with Gasteiger partial charge in [-0.25, -0.2) is 4.99 Å². The fraction of sp³-hybridized carbons (Fsp3) is 0.0588. The Morgan fingerprint density at radius 2 is 1.87 bits per heavy atom. The minimum atomic E-state index is -0.293. The molecule has 4 nitrogen and oxygen atoms in total. The monoisotopic (exact) mass is 345 g/mol. The summed E-state index contributed by atoms with van der Waals surface area (Å²) in [7, 11) is 1.67. The molecular weight excluding hydrogens is 333 g/mol. The van der Waals surface area contributed by atoms with Gasteiger partial charge in [0.15, 0.2) is 0 Å². The highest BCUT2D eigenvalue weighted by Crippen LogP contribution is 2.32. The molecule has 2 N–H and O–H groups in total. The second-order valence-corrected chi connectivity index (χ2v) is 5.86. The minimum Gasteiger partial charge on any atom is -0.403 e. The van der Waals surface area contributed by atoms with Crippen molar-refractivity contribution in [1.29, 1.82) is 0 Å². The van der Waals surface area contributed by atoms with E-state index in [1.54, 1.807) is 31.3 Å². The summed E-state index contributed by atoms with van der Waals surface area (Å²) in [6.07, 6.45) is 1.20. The predicted octanol–water partition coefficient (Wildman–Crippen LogP) is 3.61. The average Bonchev–Trinajstić information content (AvgIpc) is 2.65. The fourth-order valence-electron chi connectivity index (χ4n) is 2.47. The van der Waals surface area contributed by atoms with Crippen LogP contribution in [0.4, 0.5) is 5.69 Å². The van der Waals surface area contributed by atoms with Gasteiger partial charge in [0.1, 0.15) is 5.70 Å². The quantitative estimate of drug-likeness (QED) is 0.802. The minimum absolute atomic E-state index is 0.148. The highest BCUT2D eigenvalue weighted by atomic mass is 35.5. The van der Waals surface area contributed by atoms with E-state index in [4.69, 9.17) is 28.9 Å². The maximum Gasteiger partial charge on any atom is 0.278 e. The number of benzodiazepines with no additional fused rings is 1. The van der Waals surface area contributed by atoms with E-state index in [0.29, 0.717) is 27.0 Å². The van der Waals surface area contributed by atoms with E-state index in [2.05, 4.69) is 4.99 Å². The Hall–Kier alpha value is -2.30. The maximum absolute atomic E-state index is 12.5. The molecule has 0 radical (unpaired) electrons. The zero-order chi connectivity index (χ0) is 16.6. The van der Waals surface area contributed by atoms with Crippen LogP contribution in [0.25, 0.3) is 0 Å². The Labute approximate surface area is 143 Å². The predicted molar refractivity (Wildman–Crippen MR) is 94.2 cm³/mol. The van der Waals surface area contributed by atoms with Gasteiger partial charge in [-0.05, 0) is 24.3 Å². The van der Waals surface area contributed by atoms with Crippen molar-refractivity contribution in [2.75, 3.05) is 11.9 Å². The molecule has 2 aromatic carbocycles. The van der Waals surface area contributed by atoms with Gasteiger partial charge in [-0.1, -0.05) is 41.4 Å². The van der Waals surface area contributed by atoms with Crippen molar-refractivity contribution in [1.82, 2.24) is 0 Å². The molecule has 0 unspecified atom stereocenters. The lowest BCUT2D eigenvalue weighted by molar-refractivity contribution is -0.114. The van der Waals surface area contributed by atoms with Crippen molar-refractivity contribution in [3.8, 4) is 0 Å². The number of hydrogen-bond acceptors (Lipinski definition) is 3. The summed E-state index contributed by atoms with van der Waals surface area (Å²) in [5.41, 5.74) is 8.42. The molecule has 1 amide bonds. The number of nitrogens with zero attached hydrogens (tertiary/aromatic N) is 2. The Morgan fingerprint density at radius 1 is 1.13 bits per heavy atom. The van der Waals surface area contributed by atoms with Crippen LogP contribution in [-0.4, -0.2) is 18.7 Å². The number of fused-ring (bicyclic) bond motifs is 1. The van der Waals surface area contributed by atoms with Crippen LogP contribution in [0.5, 0.6) is 0 Å². The van der Waals surface area contributed by atoms with Crippen LogP contribution in [0.1, 0.15) is 11.1 Å². The van der Waals surface area contributed by atoms with Crippen LogP contribution >= 0.6 is 23.2 Å². The molecule has 1 heterocycles. The third kappa shape index (κ3) is 2.71. The van der Waals surface area contributed by atoms with E-state index in [1.807, 2.05) is 18.2 Å². The molecule has 0 atom stereocenters. The number of rotatable bonds is 1. The van der Waals surface area contributed by atoms with Crippen LogP contribution in [0, 0.1) is 0 Å². The first-order valence-corrected chi connectivity index (χ1v) is 7.62. The molecule has 0 fully saturated rings. The van der Waals surface area contributed by atoms with Gasteiger partial charge in [0.25, 0.3) is 5.91 Å². The highest BCUT2D eigenvalue weighted by Gasteiger charge is 2.26. The summed E-state index contributed by atoms with van der Waals surface area (Å²) < 4.78 is 0. The molecule has 0 aromatic heterocycles. The molecule has 0 saturated heterocycles. The summed E-state index contributed by atoms with van der Waals surface area (Å²) in [5, 5.41) is 1.08. The van der Waals surface area contributed by atoms with Crippen molar-refractivity contribution >= 4 is 40.5 Å². The van der Waals surface area contributed by atoms with Gasteiger partial charge in [-0.15, -0.1) is 0 Å². The number of nitrogens with two attached hydrogens (primary N) is 1. The molecule has 0 saturated carbocycles. The molecule has 2 aromatic rings. The first-order valence-electron chi connectivity index (χ1n) is 6.86. The van der Waals surface area contributed by atoms with E-state index < -0.39 is 0 Å². The van der Waals surface area contributed by atoms with Gasteiger partial charge >= 0.3 is 0 Å². The van der Waals surface area contributed by atoms with Crippen molar-refractivity contribution < 1.29 is 4.79 Å². The number of carbonyl (C=O) groups excluding carboxylic acids is 1. The maximum atomic E-state index is 12.5. The van der Waals surface area contributed by atoms with Crippen LogP contribution < -0.4 is 10.6 Å². The number of carbonyl (C=O) groups is 1. The van der Waals surface area contributed by atoms with E-state index in [9.17, 15) is 4.79 Å². The zero-order valence-electron chi connectivity index (χ0n) is 12.3. The van der Waals surface area contributed by atoms with Crippen LogP contribution in [0.15, 0.2) is 59.4 Å². The number of amides is 1. The molecule has 1 aliphatic rings. The molecule has 1 aliphatic heterocycles. The topological polar surface area (TPSA) is 58.7 Å². The second kappa shape index (κ2) is 6.07. The SMILES string of the molecule is CN1C(=O)C(=CN)N=C(c2ccccc2Cl)c2cc(Cl)ccc21. The summed E-state index contributed by atoms with van der Waals surface area (Å²) in [6, 6.07) is 12.6. The Balaban J connectivity index is 2.36. The summed E-state index contributed by atoms with van der Waals surface area (Å²) >= 11 is 12.5. The summed E-state index contributed by atoms with van der Waals surface area (Å²) in [5.74, 6) is -0.293. The van der Waals surface area contributed by atoms with Gasteiger partial charge in [-0.3, -0.25) is 4.79 Å². The number of anilines is 1. The van der Waals surface area contributed by atoms with E-state index in [1.165, 1.54) is 11.1 Å². The van der Waals surface area contributed by atoms with E-state index >= 15 is 0 Å². The van der Waals surface area contributed by atoms with Crippen molar-refractivity contribution in [3.63, 3.8) is 0 Å². The van der Waals surface area contributed by atoms with Crippen LogP contribution in [-0.2, 0) is 4.79 Å². The first kappa shape index (κ1) is 15.6. The van der Waals surface area contributed by atoms with Crippen LogP contribution in [0.3, 0.4) is 0 Å². The molecule has 0 aliphatic carbocycles. The second-order valence-electron chi connectivity index (χ2n) is 5.02. The smallest absolute Gasteiger partial charge is 0.278 e. The highest BCUT2D eigenvalue weighted by molar-refractivity contribution is 6.37. The van der Waals surface area contributed by atoms with Gasteiger partial charge in [0.2, 0.25) is 0 Å². The molecule has 116 valence electrons. The van der Waals surface area contributed by atoms with Crippen LogP contribution in [0.2, 0.25) is 10.0 Å². The first-order chi connectivity index (χ1) is 11.0. The number of aliphatic imine (C=N–C) groups is 1. The largest absolute Gasteiger partial charge is 0.403 e. The van der Waals surface area contributed by atoms with Gasteiger partial charge in [0, 0.05) is 34.4 Å². The lowest BCUT2D eigenvalue weighted by Crippen LogP contribution is -2.27. The normalized spacial score (nSPS) is 16.1. The van der Waals surface area contributed by atoms with Gasteiger partial charge in [-0.2, -0.15) is 0 Å². The molecule has 6 heteroatoms. The Morgan fingerprint density at radius 3 is 2.57 bits per heavy atom. The standard InChI is InChI=1S/C17H13Cl2N3O/c1-22-15-7-6-10(18)8-12(15)16(21-14(9-20)17(22)23)11-4-2-3-5-13(11)19/h2-9H,20H2,1H3. The number of benzene rings is 2. The Kier molecular flexibility index (Phi) is 4.11. The molecule has 23 heavy (non-hydrogen) atoms. The zero-order valence-corrected chi connectivity index (χ0v) is 13.8. The molecule has 3 rings (SSSR count). The molecule has 0 bridgehead atoms. The third-order valence-electron chi connectivity index (χ3n) is 3.62. The van der Waals surface area contributed by atoms with E-state index in [-0.39, 0.29) is 11.6 Å². The third-order valence-corrected chi connectivity index (χ3v) is 4.18. The van der Waals surface area contributed by atoms with E-state index in [0.717, 1.165) is 5.56 Å². The molecular formula is C17H13Cl2N3O. The fourth-order valence-corrected chi connectivity index (χ4v) is 2.86. The number of likely N-dealkylation sites (N-methyl/N-ethyl adjacent to an activating group) is 1. The van der Waals surface area contributed by atoms with Gasteiger partial charge in [0.05, 0.1) is 11.4 Å². The average molecular weight is 346 g/mol. The number of hydrogen-bond donors (Lipinski definition) is 1. The van der Waals surface area contributed by atoms with Crippen molar-refractivity contribution in [2.45, 2.75) is 0 Å². The Bertz CT molecular complexity index is 859. The summed E-state index contributed by atoms with van der Waals surface area (Å²) in [4.78, 5) is 18.4. The van der Waals surface area contributed by atoms with Crippen molar-refractivity contribution in [2.24, 2.45) is 10.7 Å². The lowest BCUT2D eigenvalue weighted by Gasteiger charge is -2.18. The molecule has 0 spiro atoms. The van der Waals surface area contributed by atoms with Gasteiger partial charge < -0.3 is 10.6 Å². The van der Waals surface area contributed by atoms with Crippen molar-refractivity contribution in [3.05, 3.63) is 75.5 Å². The lowest BCUT2D eigenvalue weighted by atomic mass is 10.00.